The van der Waals surface area contributed by atoms with Gasteiger partial charge in [0.05, 0.1) is 12.1 Å². The Morgan fingerprint density at radius 2 is 1.64 bits per heavy atom. The van der Waals surface area contributed by atoms with Crippen LogP contribution in [0.15, 0.2) is 114 Å². The molecule has 1 atom stereocenters. The standard InChI is InChI=1S/C37H34N4O3S/c1-24(26-5-3-2-4-6-26)27-11-13-30(14-12-27)37-40-23-31(45-37)22-39-36(44)29-9-7-25(8-10-29)21-38-20-19-28-15-17-33(42)35-32(28)16-18-34(43)41-35/h2-18,23-24,38,42H,19-22H2,1H3,(H,39,44)(H,41,43). The van der Waals surface area contributed by atoms with Gasteiger partial charge in [0.2, 0.25) is 5.56 Å². The quantitative estimate of drug-likeness (QED) is 0.121. The third-order valence-electron chi connectivity index (χ3n) is 8.01. The maximum absolute atomic E-state index is 12.8. The van der Waals surface area contributed by atoms with Crippen LogP contribution in [0.4, 0.5) is 0 Å². The van der Waals surface area contributed by atoms with Gasteiger partial charge in [0, 0.05) is 46.1 Å². The van der Waals surface area contributed by atoms with Gasteiger partial charge in [-0.1, -0.05) is 79.7 Å². The average molecular weight is 615 g/mol. The SMILES string of the molecule is CC(c1ccccc1)c1ccc(-c2ncc(CNC(=O)c3ccc(CNCCc4ccc(O)c5[nH]c(=O)ccc45)cc3)s2)cc1. The summed E-state index contributed by atoms with van der Waals surface area (Å²) in [7, 11) is 0. The molecule has 0 aliphatic rings. The molecule has 0 aliphatic carbocycles. The van der Waals surface area contributed by atoms with Gasteiger partial charge in [-0.15, -0.1) is 11.3 Å². The Balaban J connectivity index is 0.972. The Labute approximate surface area is 265 Å². The second-order valence-electron chi connectivity index (χ2n) is 11.0. The van der Waals surface area contributed by atoms with E-state index < -0.39 is 0 Å². The number of thiazole rings is 1. The number of amides is 1. The van der Waals surface area contributed by atoms with Crippen LogP contribution in [0.3, 0.4) is 0 Å². The lowest BCUT2D eigenvalue weighted by molar-refractivity contribution is 0.0951. The van der Waals surface area contributed by atoms with E-state index in [0.717, 1.165) is 44.9 Å². The highest BCUT2D eigenvalue weighted by atomic mass is 32.1. The van der Waals surface area contributed by atoms with E-state index >= 15 is 0 Å². The minimum Gasteiger partial charge on any atom is -0.506 e. The lowest BCUT2D eigenvalue weighted by Crippen LogP contribution is -2.22. The predicted octanol–water partition coefficient (Wildman–Crippen LogP) is 6.77. The summed E-state index contributed by atoms with van der Waals surface area (Å²) >= 11 is 1.59. The zero-order chi connectivity index (χ0) is 31.2. The van der Waals surface area contributed by atoms with Gasteiger partial charge in [-0.3, -0.25) is 9.59 Å². The van der Waals surface area contributed by atoms with Crippen LogP contribution in [-0.4, -0.2) is 27.5 Å². The van der Waals surface area contributed by atoms with Crippen molar-refractivity contribution in [3.05, 3.63) is 152 Å². The number of H-pyrrole nitrogens is 1. The zero-order valence-corrected chi connectivity index (χ0v) is 25.7. The van der Waals surface area contributed by atoms with Gasteiger partial charge in [0.25, 0.3) is 5.91 Å². The summed E-state index contributed by atoms with van der Waals surface area (Å²) in [6, 6.07) is 33.3. The average Bonchev–Trinajstić information content (AvgIpc) is 3.56. The minimum atomic E-state index is -0.242. The maximum Gasteiger partial charge on any atom is 0.251 e. The number of benzene rings is 4. The highest BCUT2D eigenvalue weighted by molar-refractivity contribution is 7.15. The molecule has 6 aromatic rings. The largest absolute Gasteiger partial charge is 0.506 e. The maximum atomic E-state index is 12.8. The molecule has 0 bridgehead atoms. The Morgan fingerprint density at radius 1 is 0.889 bits per heavy atom. The number of rotatable bonds is 11. The van der Waals surface area contributed by atoms with Gasteiger partial charge >= 0.3 is 0 Å². The molecule has 7 nitrogen and oxygen atoms in total. The van der Waals surface area contributed by atoms with Crippen LogP contribution in [-0.2, 0) is 19.5 Å². The number of pyridine rings is 1. The van der Waals surface area contributed by atoms with Crippen LogP contribution >= 0.6 is 11.3 Å². The molecule has 1 unspecified atom stereocenters. The summed E-state index contributed by atoms with van der Waals surface area (Å²) in [5.74, 6) is 0.261. The van der Waals surface area contributed by atoms with Crippen molar-refractivity contribution in [3.8, 4) is 16.3 Å². The Morgan fingerprint density at radius 3 is 2.42 bits per heavy atom. The normalized spacial score (nSPS) is 11.8. The molecule has 0 saturated carbocycles. The number of nitrogens with zero attached hydrogens (tertiary/aromatic N) is 1. The van der Waals surface area contributed by atoms with E-state index in [-0.39, 0.29) is 17.2 Å². The minimum absolute atomic E-state index is 0.0654. The van der Waals surface area contributed by atoms with Crippen molar-refractivity contribution in [1.29, 1.82) is 0 Å². The fourth-order valence-electron chi connectivity index (χ4n) is 5.39. The fraction of sp³-hybridized carbons (Fsp3) is 0.162. The van der Waals surface area contributed by atoms with Crippen molar-refractivity contribution in [3.63, 3.8) is 0 Å². The van der Waals surface area contributed by atoms with Crippen molar-refractivity contribution in [1.82, 2.24) is 20.6 Å². The zero-order valence-electron chi connectivity index (χ0n) is 24.9. The highest BCUT2D eigenvalue weighted by Crippen LogP contribution is 2.29. The highest BCUT2D eigenvalue weighted by Gasteiger charge is 2.12. The molecule has 2 aromatic heterocycles. The lowest BCUT2D eigenvalue weighted by atomic mass is 9.93. The first-order valence-corrected chi connectivity index (χ1v) is 15.8. The number of aromatic nitrogens is 2. The van der Waals surface area contributed by atoms with E-state index in [9.17, 15) is 14.7 Å². The van der Waals surface area contributed by atoms with Crippen LogP contribution in [0.5, 0.6) is 5.75 Å². The van der Waals surface area contributed by atoms with Gasteiger partial charge in [-0.05, 0) is 59.5 Å². The number of phenols is 1. The van der Waals surface area contributed by atoms with Crippen molar-refractivity contribution >= 4 is 28.1 Å². The molecule has 4 aromatic carbocycles. The second kappa shape index (κ2) is 13.7. The van der Waals surface area contributed by atoms with Gasteiger partial charge in [-0.2, -0.15) is 0 Å². The monoisotopic (exact) mass is 614 g/mol. The summed E-state index contributed by atoms with van der Waals surface area (Å²) in [5.41, 5.74) is 6.56. The number of carbonyl (C=O) groups excluding carboxylic acids is 1. The molecule has 2 heterocycles. The number of aromatic amines is 1. The summed E-state index contributed by atoms with van der Waals surface area (Å²) in [6.45, 7) is 4.01. The number of hydrogen-bond acceptors (Lipinski definition) is 6. The van der Waals surface area contributed by atoms with Gasteiger partial charge in [-0.25, -0.2) is 4.98 Å². The molecule has 1 amide bonds. The Hall–Kier alpha value is -5.05. The van der Waals surface area contributed by atoms with E-state index in [1.54, 1.807) is 23.5 Å². The van der Waals surface area contributed by atoms with E-state index in [1.807, 2.05) is 42.6 Å². The van der Waals surface area contributed by atoms with Crippen LogP contribution in [0.25, 0.3) is 21.5 Å². The predicted molar refractivity (Wildman–Crippen MR) is 181 cm³/mol. The van der Waals surface area contributed by atoms with E-state index in [2.05, 4.69) is 76.1 Å². The van der Waals surface area contributed by atoms with Gasteiger partial charge < -0.3 is 20.7 Å². The first-order valence-electron chi connectivity index (χ1n) is 15.0. The summed E-state index contributed by atoms with van der Waals surface area (Å²) < 4.78 is 0. The fourth-order valence-corrected chi connectivity index (χ4v) is 6.24. The first-order chi connectivity index (χ1) is 21.9. The van der Waals surface area contributed by atoms with Crippen LogP contribution in [0.1, 0.15) is 50.3 Å². The van der Waals surface area contributed by atoms with Gasteiger partial charge in [0.15, 0.2) is 0 Å². The van der Waals surface area contributed by atoms with Gasteiger partial charge in [0.1, 0.15) is 10.8 Å². The number of hydrogen-bond donors (Lipinski definition) is 4. The summed E-state index contributed by atoms with van der Waals surface area (Å²) in [4.78, 5) is 32.7. The molecule has 4 N–H and O–H groups in total. The van der Waals surface area contributed by atoms with Crippen molar-refractivity contribution in [2.75, 3.05) is 6.54 Å². The number of carbonyl (C=O) groups is 1. The van der Waals surface area contributed by atoms with E-state index in [0.29, 0.717) is 30.1 Å². The number of aromatic hydroxyl groups is 1. The lowest BCUT2D eigenvalue weighted by Gasteiger charge is -2.12. The molecule has 226 valence electrons. The van der Waals surface area contributed by atoms with Crippen LogP contribution < -0.4 is 16.2 Å². The molecular formula is C37H34N4O3S. The van der Waals surface area contributed by atoms with Crippen LogP contribution in [0.2, 0.25) is 0 Å². The molecule has 45 heavy (non-hydrogen) atoms. The summed E-state index contributed by atoms with van der Waals surface area (Å²) in [6.07, 6.45) is 2.57. The van der Waals surface area contributed by atoms with E-state index in [4.69, 9.17) is 0 Å². The van der Waals surface area contributed by atoms with E-state index in [1.165, 1.54) is 17.2 Å². The molecule has 0 radical (unpaired) electrons. The Kier molecular flexibility index (Phi) is 9.14. The van der Waals surface area contributed by atoms with Crippen molar-refractivity contribution in [2.24, 2.45) is 0 Å². The third kappa shape index (κ3) is 7.20. The Bertz CT molecular complexity index is 1970. The van der Waals surface area contributed by atoms with Crippen LogP contribution in [0, 0.1) is 0 Å². The first kappa shape index (κ1) is 30.0. The third-order valence-corrected chi connectivity index (χ3v) is 9.06. The molecule has 6 rings (SSSR count). The molecule has 8 heteroatoms. The molecular weight excluding hydrogens is 580 g/mol. The molecule has 0 spiro atoms. The topological polar surface area (TPSA) is 107 Å². The van der Waals surface area contributed by atoms with Crippen molar-refractivity contribution < 1.29 is 9.90 Å². The molecule has 0 aliphatic heterocycles. The smallest absolute Gasteiger partial charge is 0.251 e. The molecule has 0 fully saturated rings. The molecule has 0 saturated heterocycles. The van der Waals surface area contributed by atoms with Crippen molar-refractivity contribution in [2.45, 2.75) is 32.4 Å². The number of phenolic OH excluding ortho intramolecular Hbond substituents is 1. The summed E-state index contributed by atoms with van der Waals surface area (Å²) in [5, 5.41) is 18.3. The number of nitrogens with one attached hydrogen (secondary N) is 3. The number of fused-ring (bicyclic) bond motifs is 1. The second-order valence-corrected chi connectivity index (χ2v) is 12.2.